The Hall–Kier alpha value is -4.51. The summed E-state index contributed by atoms with van der Waals surface area (Å²) in [5.74, 6) is -3.52. The van der Waals surface area contributed by atoms with E-state index in [1.807, 2.05) is 6.07 Å². The van der Waals surface area contributed by atoms with Crippen LogP contribution in [0.2, 0.25) is 0 Å². The number of nitriles is 1. The predicted octanol–water partition coefficient (Wildman–Crippen LogP) is 3.87. The molecule has 0 bridgehead atoms. The van der Waals surface area contributed by atoms with Crippen molar-refractivity contribution in [3.8, 4) is 6.07 Å². The number of ketones is 1. The van der Waals surface area contributed by atoms with E-state index in [4.69, 9.17) is 10.00 Å². The molecular weight excluding hydrogens is 606 g/mol. The Morgan fingerprint density at radius 3 is 2.27 bits per heavy atom. The van der Waals surface area contributed by atoms with Crippen LogP contribution in [-0.4, -0.2) is 57.2 Å². The standard InChI is InChI=1S/C31H29N3O8S2/c1-2-34(44(40,41)25-9-4-3-5-10-25)19-26-29(35)30(36)28(31(37)42-26)27(21-13-14-21)22-7-6-8-23(17-22)33-43(38,39)24-15-11-20(18-32)12-16-24/h3-12,15-17,21,26-27,33,36H,2,13-14,19H2,1H3. The minimum Gasteiger partial charge on any atom is -0.504 e. The van der Waals surface area contributed by atoms with Crippen molar-refractivity contribution >= 4 is 37.5 Å². The lowest BCUT2D eigenvalue weighted by molar-refractivity contribution is -0.155. The second-order valence-electron chi connectivity index (χ2n) is 10.5. The maximum Gasteiger partial charge on any atom is 0.339 e. The molecule has 44 heavy (non-hydrogen) atoms. The van der Waals surface area contributed by atoms with E-state index in [0.29, 0.717) is 24.0 Å². The van der Waals surface area contributed by atoms with Crippen LogP contribution in [0, 0.1) is 17.2 Å². The summed E-state index contributed by atoms with van der Waals surface area (Å²) < 4.78 is 61.2. The van der Waals surface area contributed by atoms with Gasteiger partial charge in [0.15, 0.2) is 11.9 Å². The van der Waals surface area contributed by atoms with Crippen LogP contribution in [-0.2, 0) is 34.4 Å². The number of cyclic esters (lactones) is 1. The van der Waals surface area contributed by atoms with Crippen molar-refractivity contribution in [1.29, 1.82) is 5.26 Å². The van der Waals surface area contributed by atoms with Crippen molar-refractivity contribution in [3.63, 3.8) is 0 Å². The molecule has 1 fully saturated rings. The fraction of sp³-hybridized carbons (Fsp3) is 0.258. The number of hydrogen-bond acceptors (Lipinski definition) is 9. The van der Waals surface area contributed by atoms with Gasteiger partial charge in [-0.3, -0.25) is 9.52 Å². The molecule has 2 N–H and O–H groups in total. The number of carbonyl (C=O) groups excluding carboxylic acids is 2. The van der Waals surface area contributed by atoms with Gasteiger partial charge in [0.05, 0.1) is 33.5 Å². The zero-order valence-corrected chi connectivity index (χ0v) is 25.2. The number of aliphatic hydroxyl groups is 1. The summed E-state index contributed by atoms with van der Waals surface area (Å²) in [6, 6.07) is 21.3. The summed E-state index contributed by atoms with van der Waals surface area (Å²) >= 11 is 0. The molecule has 5 rings (SSSR count). The first-order valence-electron chi connectivity index (χ1n) is 13.8. The number of esters is 1. The molecule has 3 aromatic carbocycles. The van der Waals surface area contributed by atoms with Crippen LogP contribution in [0.3, 0.4) is 0 Å². The van der Waals surface area contributed by atoms with Gasteiger partial charge in [-0.25, -0.2) is 21.6 Å². The quantitative estimate of drug-likeness (QED) is 0.297. The zero-order valence-electron chi connectivity index (χ0n) is 23.6. The molecule has 2 atom stereocenters. The van der Waals surface area contributed by atoms with Gasteiger partial charge in [0, 0.05) is 18.2 Å². The van der Waals surface area contributed by atoms with E-state index in [0.717, 1.165) is 4.31 Å². The number of carbonyl (C=O) groups is 2. The highest BCUT2D eigenvalue weighted by molar-refractivity contribution is 7.92. The van der Waals surface area contributed by atoms with Gasteiger partial charge in [-0.1, -0.05) is 37.3 Å². The Balaban J connectivity index is 1.41. The first-order valence-corrected chi connectivity index (χ1v) is 16.7. The molecule has 2 aliphatic rings. The fourth-order valence-electron chi connectivity index (χ4n) is 5.17. The van der Waals surface area contributed by atoms with Gasteiger partial charge >= 0.3 is 5.97 Å². The Labute approximate surface area is 255 Å². The van der Waals surface area contributed by atoms with Gasteiger partial charge < -0.3 is 9.84 Å². The van der Waals surface area contributed by atoms with Crippen molar-refractivity contribution in [1.82, 2.24) is 4.31 Å². The first-order chi connectivity index (χ1) is 21.0. The van der Waals surface area contributed by atoms with Crippen LogP contribution >= 0.6 is 0 Å². The second kappa shape index (κ2) is 12.2. The highest BCUT2D eigenvalue weighted by atomic mass is 32.2. The number of likely N-dealkylation sites (N-methyl/N-ethyl adjacent to an activating group) is 1. The zero-order chi connectivity index (χ0) is 31.6. The Bertz CT molecular complexity index is 1880. The Morgan fingerprint density at radius 1 is 0.977 bits per heavy atom. The van der Waals surface area contributed by atoms with Gasteiger partial charge in [-0.15, -0.1) is 0 Å². The summed E-state index contributed by atoms with van der Waals surface area (Å²) in [5, 5.41) is 20.0. The van der Waals surface area contributed by atoms with Crippen molar-refractivity contribution in [2.45, 2.75) is 41.6 Å². The monoisotopic (exact) mass is 635 g/mol. The summed E-state index contributed by atoms with van der Waals surface area (Å²) in [4.78, 5) is 26.6. The van der Waals surface area contributed by atoms with E-state index in [2.05, 4.69) is 4.72 Å². The molecule has 0 aromatic heterocycles. The molecule has 1 aliphatic heterocycles. The first kappa shape index (κ1) is 30.9. The normalized spacial score (nSPS) is 18.1. The summed E-state index contributed by atoms with van der Waals surface area (Å²) in [6.07, 6.45) is -0.144. The number of anilines is 1. The number of ether oxygens (including phenoxy) is 1. The molecule has 0 radical (unpaired) electrons. The van der Waals surface area contributed by atoms with Crippen molar-refractivity contribution in [2.24, 2.45) is 5.92 Å². The van der Waals surface area contributed by atoms with E-state index in [1.165, 1.54) is 48.5 Å². The molecule has 11 nitrogen and oxygen atoms in total. The van der Waals surface area contributed by atoms with Gasteiger partial charge in [0.2, 0.25) is 15.8 Å². The van der Waals surface area contributed by atoms with E-state index in [9.17, 15) is 31.5 Å². The van der Waals surface area contributed by atoms with Crippen molar-refractivity contribution < 1.29 is 36.3 Å². The number of sulfonamides is 2. The van der Waals surface area contributed by atoms with Crippen LogP contribution in [0.4, 0.5) is 5.69 Å². The SMILES string of the molecule is CCN(CC1OC(=O)C(C(c2cccc(NS(=O)(=O)c3ccc(C#N)cc3)c2)C2CC2)=C(O)C1=O)S(=O)(=O)c1ccccc1. The number of benzene rings is 3. The van der Waals surface area contributed by atoms with E-state index in [1.54, 1.807) is 37.3 Å². The maximum absolute atomic E-state index is 13.4. The third-order valence-electron chi connectivity index (χ3n) is 7.55. The topological polar surface area (TPSA) is 171 Å². The summed E-state index contributed by atoms with van der Waals surface area (Å²) in [7, 11) is -8.02. The smallest absolute Gasteiger partial charge is 0.339 e. The van der Waals surface area contributed by atoms with Crippen molar-refractivity contribution in [3.05, 3.63) is 101 Å². The van der Waals surface area contributed by atoms with E-state index in [-0.39, 0.29) is 33.5 Å². The Morgan fingerprint density at radius 2 is 1.66 bits per heavy atom. The van der Waals surface area contributed by atoms with Crippen LogP contribution in [0.25, 0.3) is 0 Å². The molecule has 228 valence electrons. The predicted molar refractivity (Wildman–Crippen MR) is 159 cm³/mol. The number of aliphatic hydroxyl groups excluding tert-OH is 1. The largest absolute Gasteiger partial charge is 0.504 e. The molecule has 1 aliphatic carbocycles. The molecule has 0 saturated heterocycles. The van der Waals surface area contributed by atoms with Crippen molar-refractivity contribution in [2.75, 3.05) is 17.8 Å². The third-order valence-corrected chi connectivity index (χ3v) is 10.9. The Kier molecular flexibility index (Phi) is 8.60. The van der Waals surface area contributed by atoms with E-state index < -0.39 is 56.1 Å². The highest BCUT2D eigenvalue weighted by Crippen LogP contribution is 2.49. The highest BCUT2D eigenvalue weighted by Gasteiger charge is 2.46. The molecule has 3 aromatic rings. The van der Waals surface area contributed by atoms with Gasteiger partial charge in [-0.05, 0) is 72.9 Å². The molecule has 1 heterocycles. The number of rotatable bonds is 11. The molecule has 0 amide bonds. The second-order valence-corrected chi connectivity index (χ2v) is 14.1. The van der Waals surface area contributed by atoms with E-state index >= 15 is 0 Å². The third kappa shape index (κ3) is 6.23. The summed E-state index contributed by atoms with van der Waals surface area (Å²) in [5.41, 5.74) is 0.743. The molecule has 13 heteroatoms. The maximum atomic E-state index is 13.4. The average molecular weight is 636 g/mol. The van der Waals surface area contributed by atoms with Crippen LogP contribution in [0.1, 0.15) is 36.8 Å². The fourth-order valence-corrected chi connectivity index (χ4v) is 7.69. The van der Waals surface area contributed by atoms with Crippen LogP contribution in [0.15, 0.2) is 100.0 Å². The molecule has 2 unspecified atom stereocenters. The number of Topliss-reactive ketones (excluding diaryl/α,β-unsaturated/α-hetero) is 1. The lowest BCUT2D eigenvalue weighted by Gasteiger charge is -2.30. The molecule has 1 saturated carbocycles. The van der Waals surface area contributed by atoms with Gasteiger partial charge in [0.25, 0.3) is 10.0 Å². The van der Waals surface area contributed by atoms with Gasteiger partial charge in [-0.2, -0.15) is 9.57 Å². The average Bonchev–Trinajstić information content (AvgIpc) is 3.86. The minimum atomic E-state index is -4.01. The molecule has 0 spiro atoms. The van der Waals surface area contributed by atoms with Gasteiger partial charge in [0.1, 0.15) is 0 Å². The number of nitrogens with zero attached hydrogens (tertiary/aromatic N) is 2. The van der Waals surface area contributed by atoms with Crippen LogP contribution < -0.4 is 4.72 Å². The minimum absolute atomic E-state index is 0.00818. The lowest BCUT2D eigenvalue weighted by atomic mass is 9.84. The summed E-state index contributed by atoms with van der Waals surface area (Å²) in [6.45, 7) is 1.10. The lowest BCUT2D eigenvalue weighted by Crippen LogP contribution is -2.46. The molecular formula is C31H29N3O8S2. The number of hydrogen-bond donors (Lipinski definition) is 2. The van der Waals surface area contributed by atoms with Crippen LogP contribution in [0.5, 0.6) is 0 Å². The number of nitrogens with one attached hydrogen (secondary N) is 1.